The molecule has 3 aromatic heterocycles. The summed E-state index contributed by atoms with van der Waals surface area (Å²) in [6.07, 6.45) is 4.82. The van der Waals surface area contributed by atoms with Crippen molar-refractivity contribution in [2.24, 2.45) is 7.05 Å². The van der Waals surface area contributed by atoms with E-state index < -0.39 is 22.7 Å². The predicted molar refractivity (Wildman–Crippen MR) is 124 cm³/mol. The van der Waals surface area contributed by atoms with E-state index in [1.807, 2.05) is 19.3 Å². The van der Waals surface area contributed by atoms with E-state index in [4.69, 9.17) is 16.3 Å². The molecule has 0 radical (unpaired) electrons. The number of hydrogen-bond donors (Lipinski definition) is 0. The van der Waals surface area contributed by atoms with Crippen LogP contribution in [0.15, 0.2) is 48.9 Å². The summed E-state index contributed by atoms with van der Waals surface area (Å²) in [6, 6.07) is 7.32. The summed E-state index contributed by atoms with van der Waals surface area (Å²) in [7, 11) is 1.80. The average Bonchev–Trinajstić information content (AvgIpc) is 3.35. The summed E-state index contributed by atoms with van der Waals surface area (Å²) in [6.45, 7) is 4.36. The Balaban J connectivity index is 1.73. The van der Waals surface area contributed by atoms with Crippen molar-refractivity contribution in [1.82, 2.24) is 24.5 Å². The fourth-order valence-electron chi connectivity index (χ4n) is 3.77. The minimum atomic E-state index is -0.727. The van der Waals surface area contributed by atoms with Crippen molar-refractivity contribution in [3.63, 3.8) is 0 Å². The Hall–Kier alpha value is -3.79. The third kappa shape index (κ3) is 4.76. The molecule has 4 rings (SSSR count). The second-order valence-electron chi connectivity index (χ2n) is 7.73. The van der Waals surface area contributed by atoms with Crippen molar-refractivity contribution >= 4 is 17.4 Å². The SMILES string of the molecule is CCn1cc(Cc2cn(C)nc2-c2ccc(F)cc2C(C)Oc2cccnc2[N+](=O)[O-])c(Cl)n1. The molecule has 0 aliphatic heterocycles. The van der Waals surface area contributed by atoms with Crippen LogP contribution < -0.4 is 4.74 Å². The summed E-state index contributed by atoms with van der Waals surface area (Å²) in [5.74, 6) is -0.872. The van der Waals surface area contributed by atoms with Crippen molar-refractivity contribution in [1.29, 1.82) is 0 Å². The van der Waals surface area contributed by atoms with Crippen molar-refractivity contribution in [3.05, 3.63) is 86.7 Å². The number of rotatable bonds is 8. The normalized spacial score (nSPS) is 12.0. The van der Waals surface area contributed by atoms with Crippen LogP contribution in [0.2, 0.25) is 5.15 Å². The van der Waals surface area contributed by atoms with E-state index in [-0.39, 0.29) is 5.75 Å². The van der Waals surface area contributed by atoms with Gasteiger partial charge in [0.1, 0.15) is 18.1 Å². The second-order valence-corrected chi connectivity index (χ2v) is 8.09. The average molecular weight is 485 g/mol. The maximum atomic E-state index is 14.3. The molecular weight excluding hydrogens is 463 g/mol. The highest BCUT2D eigenvalue weighted by atomic mass is 35.5. The third-order valence-electron chi connectivity index (χ3n) is 5.33. The zero-order valence-electron chi connectivity index (χ0n) is 18.8. The van der Waals surface area contributed by atoms with Gasteiger partial charge in [0.05, 0.1) is 5.69 Å². The van der Waals surface area contributed by atoms with E-state index in [0.29, 0.717) is 34.9 Å². The maximum Gasteiger partial charge on any atom is 0.406 e. The fourth-order valence-corrected chi connectivity index (χ4v) is 3.98. The molecule has 1 atom stereocenters. The van der Waals surface area contributed by atoms with Crippen LogP contribution in [-0.4, -0.2) is 29.5 Å². The number of halogens is 2. The molecule has 0 saturated carbocycles. The highest BCUT2D eigenvalue weighted by molar-refractivity contribution is 6.30. The molecule has 11 heteroatoms. The lowest BCUT2D eigenvalue weighted by molar-refractivity contribution is -0.390. The quantitative estimate of drug-likeness (QED) is 0.254. The largest absolute Gasteiger partial charge is 0.478 e. The predicted octanol–water partition coefficient (Wildman–Crippen LogP) is 5.13. The molecule has 3 heterocycles. The molecule has 1 unspecified atom stereocenters. The minimum Gasteiger partial charge on any atom is -0.478 e. The van der Waals surface area contributed by atoms with Gasteiger partial charge in [-0.05, 0) is 54.1 Å². The molecule has 0 spiro atoms. The number of pyridine rings is 1. The van der Waals surface area contributed by atoms with Crippen molar-refractivity contribution < 1.29 is 14.1 Å². The summed E-state index contributed by atoms with van der Waals surface area (Å²) in [5.41, 5.74) is 3.49. The highest BCUT2D eigenvalue weighted by Crippen LogP contribution is 2.35. The van der Waals surface area contributed by atoms with E-state index >= 15 is 0 Å². The Morgan fingerprint density at radius 1 is 1.24 bits per heavy atom. The van der Waals surface area contributed by atoms with Crippen LogP contribution in [-0.2, 0) is 20.0 Å². The van der Waals surface area contributed by atoms with Crippen LogP contribution >= 0.6 is 11.6 Å². The van der Waals surface area contributed by atoms with E-state index in [1.54, 1.807) is 35.5 Å². The van der Waals surface area contributed by atoms with E-state index in [1.165, 1.54) is 24.4 Å². The number of nitro groups is 1. The highest BCUT2D eigenvalue weighted by Gasteiger charge is 2.23. The molecule has 9 nitrogen and oxygen atoms in total. The van der Waals surface area contributed by atoms with Gasteiger partial charge in [-0.15, -0.1) is 0 Å². The summed E-state index contributed by atoms with van der Waals surface area (Å²) in [4.78, 5) is 14.5. The molecule has 0 saturated heterocycles. The molecule has 0 aliphatic rings. The van der Waals surface area contributed by atoms with Crippen molar-refractivity contribution in [2.45, 2.75) is 32.9 Å². The van der Waals surface area contributed by atoms with Crippen LogP contribution in [0.25, 0.3) is 11.3 Å². The van der Waals surface area contributed by atoms with Crippen molar-refractivity contribution in [2.75, 3.05) is 0 Å². The molecule has 4 aromatic rings. The summed E-state index contributed by atoms with van der Waals surface area (Å²) in [5, 5.41) is 20.6. The Morgan fingerprint density at radius 3 is 2.74 bits per heavy atom. The van der Waals surface area contributed by atoms with Gasteiger partial charge in [-0.2, -0.15) is 10.2 Å². The number of ether oxygens (including phenoxy) is 1. The van der Waals surface area contributed by atoms with Crippen LogP contribution in [0.1, 0.15) is 36.6 Å². The van der Waals surface area contributed by atoms with Crippen LogP contribution in [0, 0.1) is 15.9 Å². The molecule has 0 aliphatic carbocycles. The first-order valence-electron chi connectivity index (χ1n) is 10.6. The van der Waals surface area contributed by atoms with Gasteiger partial charge in [0, 0.05) is 54.7 Å². The van der Waals surface area contributed by atoms with Gasteiger partial charge in [-0.3, -0.25) is 9.36 Å². The second kappa shape index (κ2) is 9.60. The third-order valence-corrected chi connectivity index (χ3v) is 5.65. The van der Waals surface area contributed by atoms with Crippen molar-refractivity contribution in [3.8, 4) is 17.0 Å². The topological polar surface area (TPSA) is 101 Å². The zero-order valence-corrected chi connectivity index (χ0v) is 19.5. The van der Waals surface area contributed by atoms with Gasteiger partial charge < -0.3 is 14.9 Å². The number of hydrogen-bond acceptors (Lipinski definition) is 6. The number of nitrogens with zero attached hydrogens (tertiary/aromatic N) is 6. The Kier molecular flexibility index (Phi) is 6.60. The number of aryl methyl sites for hydroxylation is 2. The standard InChI is InChI=1S/C23H22ClFN6O3/c1-4-30-13-16(22(24)28-30)10-15-12-29(3)27-21(15)18-8-7-17(25)11-19(18)14(2)34-20-6-5-9-26-23(20)31(32)33/h5-9,11-14H,4,10H2,1-3H3. The summed E-state index contributed by atoms with van der Waals surface area (Å²) < 4.78 is 23.6. The van der Waals surface area contributed by atoms with Crippen LogP contribution in [0.3, 0.4) is 0 Å². The molecule has 0 amide bonds. The molecule has 1 aromatic carbocycles. The molecule has 0 bridgehead atoms. The molecule has 34 heavy (non-hydrogen) atoms. The molecule has 176 valence electrons. The van der Waals surface area contributed by atoms with Crippen LogP contribution in [0.5, 0.6) is 5.75 Å². The lowest BCUT2D eigenvalue weighted by Gasteiger charge is -2.18. The lowest BCUT2D eigenvalue weighted by atomic mass is 9.96. The Morgan fingerprint density at radius 2 is 2.03 bits per heavy atom. The first-order chi connectivity index (χ1) is 16.3. The number of benzene rings is 1. The minimum absolute atomic E-state index is 0.00443. The van der Waals surface area contributed by atoms with Crippen LogP contribution in [0.4, 0.5) is 10.2 Å². The van der Waals surface area contributed by atoms with E-state index in [0.717, 1.165) is 11.1 Å². The van der Waals surface area contributed by atoms with E-state index in [9.17, 15) is 14.5 Å². The fraction of sp³-hybridized carbons (Fsp3) is 0.261. The lowest BCUT2D eigenvalue weighted by Crippen LogP contribution is -2.08. The van der Waals surface area contributed by atoms with Gasteiger partial charge in [-0.1, -0.05) is 11.6 Å². The molecule has 0 N–H and O–H groups in total. The smallest absolute Gasteiger partial charge is 0.406 e. The first-order valence-corrected chi connectivity index (χ1v) is 10.9. The van der Waals surface area contributed by atoms with Gasteiger partial charge in [0.25, 0.3) is 0 Å². The maximum absolute atomic E-state index is 14.3. The monoisotopic (exact) mass is 484 g/mol. The van der Waals surface area contributed by atoms with E-state index in [2.05, 4.69) is 15.2 Å². The van der Waals surface area contributed by atoms with Gasteiger partial charge in [0.2, 0.25) is 5.75 Å². The molecular formula is C23H22ClFN6O3. The van der Waals surface area contributed by atoms with Gasteiger partial charge >= 0.3 is 5.82 Å². The van der Waals surface area contributed by atoms with Gasteiger partial charge in [0.15, 0.2) is 5.15 Å². The first kappa shape index (κ1) is 23.4. The summed E-state index contributed by atoms with van der Waals surface area (Å²) >= 11 is 6.32. The zero-order chi connectivity index (χ0) is 24.4. The Labute approximate surface area is 199 Å². The number of aromatic nitrogens is 5. The Bertz CT molecular complexity index is 1350. The molecule has 0 fully saturated rings. The van der Waals surface area contributed by atoms with Gasteiger partial charge in [-0.25, -0.2) is 4.39 Å².